The normalized spacial score (nSPS) is 24.2. The van der Waals surface area contributed by atoms with Crippen molar-refractivity contribution in [1.82, 2.24) is 10.4 Å². The number of rotatable bonds is 9. The van der Waals surface area contributed by atoms with E-state index in [9.17, 15) is 14.7 Å². The second-order valence-corrected chi connectivity index (χ2v) is 16.3. The second kappa shape index (κ2) is 10.8. The fraction of sp³-hybridized carbons (Fsp3) is 0.913. The molecule has 0 aliphatic carbocycles. The molecule has 1 fully saturated rings. The van der Waals surface area contributed by atoms with Gasteiger partial charge in [-0.15, -0.1) is 0 Å². The lowest BCUT2D eigenvalue weighted by Crippen LogP contribution is -2.59. The average Bonchev–Trinajstić information content (AvgIpc) is 2.94. The zero-order valence-electron chi connectivity index (χ0n) is 21.5. The Morgan fingerprint density at radius 2 is 1.55 bits per heavy atom. The highest BCUT2D eigenvalue weighted by Gasteiger charge is 2.52. The van der Waals surface area contributed by atoms with E-state index in [1.54, 1.807) is 5.01 Å². The Hall–Kier alpha value is -0.963. The van der Waals surface area contributed by atoms with Crippen LogP contribution in [0.1, 0.15) is 82.6 Å². The Kier molecular flexibility index (Phi) is 9.75. The van der Waals surface area contributed by atoms with E-state index < -0.39 is 25.9 Å². The van der Waals surface area contributed by atoms with E-state index >= 15 is 0 Å². The van der Waals surface area contributed by atoms with Gasteiger partial charge in [0.05, 0.1) is 12.1 Å². The Morgan fingerprint density at radius 3 is 1.90 bits per heavy atom. The first-order chi connectivity index (χ1) is 14.1. The Morgan fingerprint density at radius 1 is 1.06 bits per heavy atom. The summed E-state index contributed by atoms with van der Waals surface area (Å²) in [5.41, 5.74) is 3.42. The molecule has 1 aliphatic rings. The summed E-state index contributed by atoms with van der Waals surface area (Å²) in [4.78, 5) is 25.0. The third-order valence-corrected chi connectivity index (χ3v) is 12.6. The van der Waals surface area contributed by atoms with Crippen molar-refractivity contribution >= 4 is 20.2 Å². The lowest BCUT2D eigenvalue weighted by molar-refractivity contribution is -0.163. The highest BCUT2D eigenvalue weighted by Crippen LogP contribution is 2.44. The molecule has 4 unspecified atom stereocenters. The maximum atomic E-state index is 13.0. The molecule has 1 amide bonds. The molecular weight excluding hydrogens is 412 g/mol. The molecule has 0 radical (unpaired) electrons. The molecule has 1 heterocycles. The second-order valence-electron chi connectivity index (χ2n) is 10.9. The van der Waals surface area contributed by atoms with Crippen LogP contribution in [0.5, 0.6) is 0 Å². The SMILES string of the molecule is CC(=O)NN1C(C(=O)OC(C)(C)C)CC(CO)C1C(C)O[Si](C(C)C)(C(C)C)C(C)C. The van der Waals surface area contributed by atoms with E-state index in [0.29, 0.717) is 23.0 Å². The smallest absolute Gasteiger partial charge is 0.325 e. The first kappa shape index (κ1) is 28.1. The quantitative estimate of drug-likeness (QED) is 0.401. The summed E-state index contributed by atoms with van der Waals surface area (Å²) in [6.07, 6.45) is 0.138. The van der Waals surface area contributed by atoms with Crippen molar-refractivity contribution in [1.29, 1.82) is 0 Å². The van der Waals surface area contributed by atoms with E-state index in [1.807, 2.05) is 27.7 Å². The number of hydrazine groups is 1. The highest BCUT2D eigenvalue weighted by atomic mass is 28.4. The van der Waals surface area contributed by atoms with Crippen LogP contribution in [0.4, 0.5) is 0 Å². The van der Waals surface area contributed by atoms with Gasteiger partial charge in [-0.25, -0.2) is 5.01 Å². The first-order valence-electron chi connectivity index (χ1n) is 11.7. The van der Waals surface area contributed by atoms with E-state index in [1.165, 1.54) is 6.92 Å². The number of aliphatic hydroxyl groups excluding tert-OH is 1. The van der Waals surface area contributed by atoms with Crippen molar-refractivity contribution in [3.05, 3.63) is 0 Å². The number of amides is 1. The number of nitrogens with zero attached hydrogens (tertiary/aromatic N) is 1. The predicted molar refractivity (Wildman–Crippen MR) is 126 cm³/mol. The van der Waals surface area contributed by atoms with Crippen LogP contribution in [-0.2, 0) is 18.8 Å². The van der Waals surface area contributed by atoms with Crippen molar-refractivity contribution in [3.63, 3.8) is 0 Å². The topological polar surface area (TPSA) is 88.1 Å². The van der Waals surface area contributed by atoms with Crippen LogP contribution < -0.4 is 5.43 Å². The minimum absolute atomic E-state index is 0.0899. The number of ether oxygens (including phenoxy) is 1. The van der Waals surface area contributed by atoms with Gasteiger partial charge in [-0.3, -0.25) is 15.0 Å². The number of aliphatic hydroxyl groups is 1. The maximum absolute atomic E-state index is 13.0. The lowest BCUT2D eigenvalue weighted by Gasteiger charge is -2.46. The highest BCUT2D eigenvalue weighted by molar-refractivity contribution is 6.77. The molecule has 0 bridgehead atoms. The van der Waals surface area contributed by atoms with Gasteiger partial charge in [0, 0.05) is 19.4 Å². The number of hydrogen-bond acceptors (Lipinski definition) is 6. The Bertz CT molecular complexity index is 596. The van der Waals surface area contributed by atoms with Crippen molar-refractivity contribution in [2.75, 3.05) is 6.61 Å². The third kappa shape index (κ3) is 6.52. The standard InChI is InChI=1S/C23H46N2O5Si/c1-14(2)31(15(3)4,16(5)6)30-17(7)21-19(13-26)12-20(25(21)24-18(8)27)22(28)29-23(9,10)11/h14-17,19-21,26H,12-13H2,1-11H3,(H,24,27). The van der Waals surface area contributed by atoms with Gasteiger partial charge >= 0.3 is 5.97 Å². The number of carbonyl (C=O) groups excluding carboxylic acids is 2. The molecule has 31 heavy (non-hydrogen) atoms. The van der Waals surface area contributed by atoms with Crippen molar-refractivity contribution < 1.29 is 23.9 Å². The molecule has 7 nitrogen and oxygen atoms in total. The van der Waals surface area contributed by atoms with Crippen molar-refractivity contribution in [3.8, 4) is 0 Å². The fourth-order valence-electron chi connectivity index (χ4n) is 5.48. The monoisotopic (exact) mass is 458 g/mol. The van der Waals surface area contributed by atoms with E-state index in [2.05, 4.69) is 47.0 Å². The molecule has 4 atom stereocenters. The summed E-state index contributed by atoms with van der Waals surface area (Å²) in [5, 5.41) is 11.8. The van der Waals surface area contributed by atoms with Crippen LogP contribution in [0.3, 0.4) is 0 Å². The zero-order chi connectivity index (χ0) is 24.3. The maximum Gasteiger partial charge on any atom is 0.325 e. The van der Waals surface area contributed by atoms with Crippen LogP contribution in [0, 0.1) is 5.92 Å². The largest absolute Gasteiger partial charge is 0.459 e. The molecule has 0 aromatic rings. The van der Waals surface area contributed by atoms with Gasteiger partial charge in [0.25, 0.3) is 0 Å². The minimum Gasteiger partial charge on any atom is -0.459 e. The Labute approximate surface area is 190 Å². The third-order valence-electron chi connectivity index (χ3n) is 6.44. The molecular formula is C23H46N2O5Si. The number of nitrogens with one attached hydrogen (secondary N) is 1. The molecule has 2 N–H and O–H groups in total. The van der Waals surface area contributed by atoms with Gasteiger partial charge in [0.2, 0.25) is 14.2 Å². The molecule has 8 heteroatoms. The van der Waals surface area contributed by atoms with Crippen LogP contribution in [0.15, 0.2) is 0 Å². The molecule has 1 rings (SSSR count). The van der Waals surface area contributed by atoms with Crippen LogP contribution in [-0.4, -0.2) is 60.7 Å². The van der Waals surface area contributed by atoms with Crippen molar-refractivity contribution in [2.24, 2.45) is 5.92 Å². The number of esters is 1. The van der Waals surface area contributed by atoms with E-state index in [-0.39, 0.29) is 30.6 Å². The summed E-state index contributed by atoms with van der Waals surface area (Å²) in [6, 6.07) is -0.987. The van der Waals surface area contributed by atoms with E-state index in [4.69, 9.17) is 9.16 Å². The summed E-state index contributed by atoms with van der Waals surface area (Å²) in [6.45, 7) is 22.2. The van der Waals surface area contributed by atoms with Gasteiger partial charge in [-0.05, 0) is 50.7 Å². The van der Waals surface area contributed by atoms with Gasteiger partial charge < -0.3 is 14.3 Å². The van der Waals surface area contributed by atoms with Gasteiger partial charge in [-0.1, -0.05) is 41.5 Å². The number of hydrogen-bond donors (Lipinski definition) is 2. The summed E-state index contributed by atoms with van der Waals surface area (Å²) in [5.74, 6) is -0.864. The molecule has 0 saturated carbocycles. The van der Waals surface area contributed by atoms with E-state index in [0.717, 1.165) is 0 Å². The summed E-state index contributed by atoms with van der Waals surface area (Å²) in [7, 11) is -2.19. The zero-order valence-corrected chi connectivity index (χ0v) is 22.5. The van der Waals surface area contributed by atoms with Crippen LogP contribution in [0.25, 0.3) is 0 Å². The van der Waals surface area contributed by atoms with Crippen LogP contribution in [0.2, 0.25) is 16.6 Å². The van der Waals surface area contributed by atoms with Crippen molar-refractivity contribution in [2.45, 2.75) is 123 Å². The number of carbonyl (C=O) groups is 2. The van der Waals surface area contributed by atoms with Gasteiger partial charge in [0.1, 0.15) is 11.6 Å². The molecule has 0 spiro atoms. The van der Waals surface area contributed by atoms with Crippen LogP contribution >= 0.6 is 0 Å². The Balaban J connectivity index is 3.33. The average molecular weight is 459 g/mol. The fourth-order valence-corrected chi connectivity index (χ4v) is 11.1. The predicted octanol–water partition coefficient (Wildman–Crippen LogP) is 4.01. The molecule has 1 aliphatic heterocycles. The summed E-state index contributed by atoms with van der Waals surface area (Å²) < 4.78 is 12.6. The van der Waals surface area contributed by atoms with Gasteiger partial charge in [0.15, 0.2) is 0 Å². The molecule has 182 valence electrons. The summed E-state index contributed by atoms with van der Waals surface area (Å²) >= 11 is 0. The molecule has 1 saturated heterocycles. The molecule has 0 aromatic heterocycles. The lowest BCUT2D eigenvalue weighted by atomic mass is 9.96. The van der Waals surface area contributed by atoms with Gasteiger partial charge in [-0.2, -0.15) is 0 Å². The minimum atomic E-state index is -2.19. The first-order valence-corrected chi connectivity index (χ1v) is 13.8. The molecule has 0 aromatic carbocycles.